The molecule has 0 bridgehead atoms. The number of amides is 2. The average molecular weight is 930 g/mol. The zero-order valence-electron chi connectivity index (χ0n) is 31.5. The molecule has 7 atom stereocenters. The van der Waals surface area contributed by atoms with Gasteiger partial charge in [0.1, 0.15) is 36.3 Å². The smallest absolute Gasteiger partial charge is 0.386 e. The van der Waals surface area contributed by atoms with Crippen LogP contribution in [-0.4, -0.2) is 123 Å². The third-order valence-electron chi connectivity index (χ3n) is 7.80. The van der Waals surface area contributed by atoms with Gasteiger partial charge < -0.3 is 46.0 Å². The number of unbranched alkanes of at least 4 members (excludes halogenated alkanes) is 2. The lowest BCUT2D eigenvalue weighted by Gasteiger charge is -2.28. The van der Waals surface area contributed by atoms with Gasteiger partial charge in [0.2, 0.25) is 11.8 Å². The van der Waals surface area contributed by atoms with Crippen molar-refractivity contribution in [2.24, 2.45) is 5.41 Å². The summed E-state index contributed by atoms with van der Waals surface area (Å²) in [6.07, 6.45) is -3.45. The first-order valence-corrected chi connectivity index (χ1v) is 22.8. The van der Waals surface area contributed by atoms with Gasteiger partial charge in [-0.1, -0.05) is 64.4 Å². The monoisotopic (exact) mass is 929 g/mol. The number of aliphatic hydroxyl groups excluding tert-OH is 2. The molecule has 28 nitrogen and oxygen atoms in total. The fraction of sp³-hybridized carbons (Fsp3) is 0.704. The Kier molecular flexibility index (Phi) is 19.8. The maximum Gasteiger partial charge on any atom is 0.531 e. The highest BCUT2D eigenvalue weighted by atomic mass is 32.2. The molecule has 0 aromatic carbocycles. The number of carbonyl (C=O) groups excluding carboxylic acids is 3. The number of phosphoric acid groups is 3. The first kappa shape index (κ1) is 50.8. The molecule has 0 spiro atoms. The van der Waals surface area contributed by atoms with Crippen LogP contribution >= 0.6 is 35.2 Å². The van der Waals surface area contributed by atoms with Gasteiger partial charge in [0.15, 0.2) is 22.8 Å². The van der Waals surface area contributed by atoms with Crippen LogP contribution in [0.2, 0.25) is 0 Å². The Bertz CT molecular complexity index is 1860. The van der Waals surface area contributed by atoms with Crippen molar-refractivity contribution in [3.05, 3.63) is 12.7 Å². The SMILES string of the molecule is CCCCCC(=O)SCCNC(=O)CCNC(=O)[C@H](O)C(C)(C)COOOP(=O)(O)OOOP(=O)(O)OC[C@H]1O[C@@H](n2cnc3c(N)ncnc32)[C@H](O)C1OP(=O)(O)O. The molecule has 32 heteroatoms. The van der Waals surface area contributed by atoms with Gasteiger partial charge in [0.05, 0.1) is 19.5 Å². The Labute approximate surface area is 338 Å². The maximum atomic E-state index is 12.4. The van der Waals surface area contributed by atoms with E-state index in [9.17, 15) is 57.9 Å². The molecule has 1 aliphatic heterocycles. The Balaban J connectivity index is 1.37. The van der Waals surface area contributed by atoms with Crippen LogP contribution in [0.5, 0.6) is 0 Å². The lowest BCUT2D eigenvalue weighted by atomic mass is 9.87. The van der Waals surface area contributed by atoms with E-state index in [0.717, 1.165) is 48.2 Å². The first-order valence-electron chi connectivity index (χ1n) is 17.3. The van der Waals surface area contributed by atoms with Gasteiger partial charge in [-0.15, -0.1) is 0 Å². The predicted octanol–water partition coefficient (Wildman–Crippen LogP) is -0.0286. The number of aromatic nitrogens is 4. The van der Waals surface area contributed by atoms with Gasteiger partial charge in [0, 0.05) is 37.1 Å². The molecule has 336 valence electrons. The van der Waals surface area contributed by atoms with Crippen LogP contribution in [0, 0.1) is 5.41 Å². The van der Waals surface area contributed by atoms with E-state index in [1.54, 1.807) is 0 Å². The van der Waals surface area contributed by atoms with E-state index in [1.165, 1.54) is 13.8 Å². The van der Waals surface area contributed by atoms with Crippen molar-refractivity contribution in [2.45, 2.75) is 83.5 Å². The van der Waals surface area contributed by atoms with E-state index < -0.39 is 84.6 Å². The molecule has 10 N–H and O–H groups in total. The molecule has 3 unspecified atom stereocenters. The van der Waals surface area contributed by atoms with E-state index in [2.05, 4.69) is 63.6 Å². The first-order chi connectivity index (χ1) is 27.6. The molecular weight excluding hydrogens is 883 g/mol. The normalized spacial score (nSPS) is 21.2. The molecule has 2 amide bonds. The number of nitrogens with two attached hydrogens (primary N) is 1. The standard InChI is InChI=1S/C27H46N7O21P3S/c1-4-5-6-7-18(36)59-11-10-29-17(35)8-9-30-25(39)22(38)27(2,3)13-47-51-53-58(45,46)55-52-54-57(43,44)48-12-16-21(50-56(40,41)42)20(37)26(49-16)34-15-33-19-23(28)31-14-32-24(19)34/h14-16,20-22,26,37-38H,4-13H2,1-3H3,(H,29,35)(H,30,39)(H,43,44)(H,45,46)(H2,28,31,32)(H2,40,41,42)/t16-,20-,21?,22+,26-/m1/s1. The second-order valence-electron chi connectivity index (χ2n) is 13.0. The highest BCUT2D eigenvalue weighted by Crippen LogP contribution is 2.50. The summed E-state index contributed by atoms with van der Waals surface area (Å²) in [5.74, 6) is -0.941. The van der Waals surface area contributed by atoms with Crippen molar-refractivity contribution in [3.8, 4) is 0 Å². The van der Waals surface area contributed by atoms with Crippen LogP contribution < -0.4 is 16.4 Å². The molecule has 3 heterocycles. The van der Waals surface area contributed by atoms with E-state index in [4.69, 9.17) is 10.5 Å². The number of fused-ring (bicyclic) bond motifs is 1. The minimum Gasteiger partial charge on any atom is -0.386 e. The van der Waals surface area contributed by atoms with Crippen LogP contribution in [0.3, 0.4) is 0 Å². The lowest BCUT2D eigenvalue weighted by Crippen LogP contribution is -2.46. The van der Waals surface area contributed by atoms with Crippen LogP contribution in [0.4, 0.5) is 5.82 Å². The number of hydrogen-bond acceptors (Lipinski definition) is 22. The Morgan fingerprint density at radius 1 is 1.00 bits per heavy atom. The fourth-order valence-corrected chi connectivity index (χ4v) is 6.91. The molecule has 0 saturated carbocycles. The number of nitrogens with one attached hydrogen (secondary N) is 2. The summed E-state index contributed by atoms with van der Waals surface area (Å²) in [7, 11) is -16.2. The van der Waals surface area contributed by atoms with Crippen LogP contribution in [0.25, 0.3) is 11.2 Å². The Hall–Kier alpha value is -2.60. The summed E-state index contributed by atoms with van der Waals surface area (Å²) in [6, 6.07) is 0. The van der Waals surface area contributed by atoms with Crippen molar-refractivity contribution in [3.63, 3.8) is 0 Å². The fourth-order valence-electron chi connectivity index (χ4n) is 4.82. The second-order valence-corrected chi connectivity index (χ2v) is 17.9. The average Bonchev–Trinajstić information content (AvgIpc) is 3.71. The van der Waals surface area contributed by atoms with Crippen molar-refractivity contribution < 1.29 is 101 Å². The van der Waals surface area contributed by atoms with Crippen LogP contribution in [0.15, 0.2) is 12.7 Å². The topological polar surface area (TPSA) is 401 Å². The highest BCUT2D eigenvalue weighted by molar-refractivity contribution is 8.13. The number of anilines is 1. The number of ether oxygens (including phenoxy) is 1. The zero-order chi connectivity index (χ0) is 44.0. The van der Waals surface area contributed by atoms with Gasteiger partial charge in [-0.05, 0) is 11.5 Å². The Morgan fingerprint density at radius 2 is 1.69 bits per heavy atom. The third kappa shape index (κ3) is 17.0. The lowest BCUT2D eigenvalue weighted by molar-refractivity contribution is -0.495. The summed E-state index contributed by atoms with van der Waals surface area (Å²) in [5.41, 5.74) is 4.43. The van der Waals surface area contributed by atoms with E-state index in [1.807, 2.05) is 6.92 Å². The number of thioether (sulfide) groups is 1. The summed E-state index contributed by atoms with van der Waals surface area (Å²) in [6.45, 7) is 3.07. The largest absolute Gasteiger partial charge is 0.531 e. The molecule has 1 fully saturated rings. The molecule has 2 aromatic heterocycles. The number of imidazole rings is 1. The molecule has 3 rings (SSSR count). The molecular formula is C27H46N7O21P3S. The summed E-state index contributed by atoms with van der Waals surface area (Å²) >= 11 is 1.13. The van der Waals surface area contributed by atoms with Crippen LogP contribution in [0.1, 0.15) is 59.1 Å². The van der Waals surface area contributed by atoms with Gasteiger partial charge in [-0.3, -0.25) is 32.9 Å². The number of carbonyl (C=O) groups is 3. The Morgan fingerprint density at radius 3 is 2.39 bits per heavy atom. The predicted molar refractivity (Wildman–Crippen MR) is 196 cm³/mol. The van der Waals surface area contributed by atoms with Gasteiger partial charge in [-0.2, -0.15) is 0 Å². The number of nitrogen functional groups attached to an aromatic ring is 1. The van der Waals surface area contributed by atoms with Crippen LogP contribution in [-0.2, 0) is 70.9 Å². The molecule has 0 aliphatic carbocycles. The van der Waals surface area contributed by atoms with E-state index in [0.29, 0.717) is 12.2 Å². The molecule has 59 heavy (non-hydrogen) atoms. The van der Waals surface area contributed by atoms with Crippen molar-refractivity contribution in [1.82, 2.24) is 30.2 Å². The van der Waals surface area contributed by atoms with Crippen molar-refractivity contribution >= 4 is 69.1 Å². The highest BCUT2D eigenvalue weighted by Gasteiger charge is 2.50. The molecule has 1 saturated heterocycles. The number of nitrogens with zero attached hydrogens (tertiary/aromatic N) is 4. The van der Waals surface area contributed by atoms with Crippen molar-refractivity contribution in [2.75, 3.05) is 37.8 Å². The number of aliphatic hydroxyl groups is 2. The van der Waals surface area contributed by atoms with Gasteiger partial charge in [-0.25, -0.2) is 33.5 Å². The molecule has 2 aromatic rings. The van der Waals surface area contributed by atoms with Gasteiger partial charge >= 0.3 is 23.5 Å². The number of rotatable bonds is 27. The zero-order valence-corrected chi connectivity index (χ0v) is 35.0. The van der Waals surface area contributed by atoms with Gasteiger partial charge in [0.25, 0.3) is 0 Å². The van der Waals surface area contributed by atoms with Crippen molar-refractivity contribution in [1.29, 1.82) is 0 Å². The third-order valence-corrected chi connectivity index (χ3v) is 10.5. The van der Waals surface area contributed by atoms with E-state index in [-0.39, 0.29) is 41.6 Å². The van der Waals surface area contributed by atoms with E-state index >= 15 is 0 Å². The minimum absolute atomic E-state index is 0.0268. The summed E-state index contributed by atoms with van der Waals surface area (Å²) in [4.78, 5) is 90.8. The summed E-state index contributed by atoms with van der Waals surface area (Å²) in [5, 5.41) is 34.2. The maximum absolute atomic E-state index is 12.4. The molecule has 0 radical (unpaired) electrons. The number of hydrogen-bond donors (Lipinski definition) is 9. The summed E-state index contributed by atoms with van der Waals surface area (Å²) < 4.78 is 63.7. The minimum atomic E-state index is -5.46. The number of phosphoric ester groups is 2. The quantitative estimate of drug-likeness (QED) is 0.0246. The second kappa shape index (κ2) is 23.0. The molecule has 1 aliphatic rings.